The van der Waals surface area contributed by atoms with E-state index < -0.39 is 40.2 Å². The predicted octanol–water partition coefficient (Wildman–Crippen LogP) is 0.732. The number of carbonyl (C=O) groups excluding carboxylic acids is 2. The number of rotatable bonds is 2. The molecular weight excluding hydrogens is 253 g/mol. The van der Waals surface area contributed by atoms with Gasteiger partial charge in [-0.3, -0.25) is 0 Å². The maximum atomic E-state index is 11.4. The zero-order valence-electron chi connectivity index (χ0n) is 6.48. The molecule has 0 aromatic carbocycles. The topological polar surface area (TPSA) is 52.6 Å². The molecule has 0 radical (unpaired) electrons. The summed E-state index contributed by atoms with van der Waals surface area (Å²) in [4.78, 5) is 19.8. The molecule has 0 bridgehead atoms. The average molecular weight is 253 g/mol. The summed E-state index contributed by atoms with van der Waals surface area (Å²) in [6.45, 7) is 0. The maximum absolute atomic E-state index is 11.4. The van der Waals surface area contributed by atoms with E-state index >= 15 is 0 Å². The fraction of sp³-hybridized carbons (Fsp3) is 0.500. The first-order valence-corrected chi connectivity index (χ1v) is 3.86. The van der Waals surface area contributed by atoms with Crippen LogP contribution in [-0.2, 0) is 17.2 Å². The number of alkyl halides is 6. The standard InChI is InChI=1S/2C2HF3O2.Al/c2*3-2(4,5)1(6)7;/h2*(H,6,7);/q;;+3/p-2. The third-order valence-electron chi connectivity index (χ3n) is 0.773. The fourth-order valence-corrected chi connectivity index (χ4v) is 0.735. The van der Waals surface area contributed by atoms with Crippen LogP contribution < -0.4 is 0 Å². The van der Waals surface area contributed by atoms with Crippen LogP contribution in [0.2, 0.25) is 0 Å². The molecule has 0 amide bonds. The van der Waals surface area contributed by atoms with Crippen LogP contribution in [0.1, 0.15) is 0 Å². The monoisotopic (exact) mass is 253 g/mol. The van der Waals surface area contributed by atoms with E-state index in [2.05, 4.69) is 7.58 Å². The molecule has 0 unspecified atom stereocenters. The first kappa shape index (κ1) is 14.1. The van der Waals surface area contributed by atoms with Gasteiger partial charge in [0.25, 0.3) is 0 Å². The van der Waals surface area contributed by atoms with Crippen LogP contribution in [0.25, 0.3) is 0 Å². The van der Waals surface area contributed by atoms with E-state index in [-0.39, 0.29) is 0 Å². The summed E-state index contributed by atoms with van der Waals surface area (Å²) in [5.74, 6) is -5.43. The molecule has 0 aromatic rings. The Balaban J connectivity index is 3.92. The van der Waals surface area contributed by atoms with Crippen LogP contribution in [0.5, 0.6) is 0 Å². The Bertz CT molecular complexity index is 231. The summed E-state index contributed by atoms with van der Waals surface area (Å²) in [6.07, 6.45) is -10.7. The predicted molar refractivity (Wildman–Crippen MR) is 30.0 cm³/mol. The van der Waals surface area contributed by atoms with Crippen LogP contribution >= 0.6 is 0 Å². The van der Waals surface area contributed by atoms with Crippen molar-refractivity contribution in [3.63, 3.8) is 0 Å². The van der Waals surface area contributed by atoms with E-state index in [0.717, 1.165) is 0 Å². The van der Waals surface area contributed by atoms with Crippen molar-refractivity contribution in [3.8, 4) is 0 Å². The first-order valence-electron chi connectivity index (χ1n) is 2.92. The van der Waals surface area contributed by atoms with E-state index in [4.69, 9.17) is 0 Å². The summed E-state index contributed by atoms with van der Waals surface area (Å²) < 4.78 is 74.8. The van der Waals surface area contributed by atoms with Crippen molar-refractivity contribution >= 4 is 27.8 Å². The van der Waals surface area contributed by atoms with Gasteiger partial charge in [-0.1, -0.05) is 0 Å². The molecule has 11 heteroatoms. The first-order chi connectivity index (χ1) is 6.55. The quantitative estimate of drug-likeness (QED) is 0.537. The van der Waals surface area contributed by atoms with Gasteiger partial charge in [0.15, 0.2) is 0 Å². The molecule has 0 aliphatic carbocycles. The average Bonchev–Trinajstić information content (AvgIpc) is 2.00. The molecule has 0 heterocycles. The van der Waals surface area contributed by atoms with Crippen molar-refractivity contribution in [1.82, 2.24) is 0 Å². The molecule has 0 aliphatic heterocycles. The Hall–Kier alpha value is -0.948. The molecule has 4 nitrogen and oxygen atoms in total. The summed E-state index contributed by atoms with van der Waals surface area (Å²) in [6, 6.07) is 0. The van der Waals surface area contributed by atoms with Gasteiger partial charge in [-0.25, -0.2) is 0 Å². The molecule has 0 saturated heterocycles. The van der Waals surface area contributed by atoms with Crippen molar-refractivity contribution in [2.24, 2.45) is 0 Å². The van der Waals surface area contributed by atoms with Gasteiger partial charge in [0.2, 0.25) is 0 Å². The van der Waals surface area contributed by atoms with Gasteiger partial charge in [-0.2, -0.15) is 0 Å². The van der Waals surface area contributed by atoms with Gasteiger partial charge in [0, 0.05) is 0 Å². The van der Waals surface area contributed by atoms with Crippen molar-refractivity contribution in [1.29, 1.82) is 0 Å². The number of halogens is 6. The fourth-order valence-electron chi connectivity index (χ4n) is 0.245. The summed E-state index contributed by atoms with van der Waals surface area (Å²) in [5.41, 5.74) is 0. The van der Waals surface area contributed by atoms with Gasteiger partial charge in [0.1, 0.15) is 0 Å². The Morgan fingerprint density at radius 2 is 1.07 bits per heavy atom. The molecule has 0 atom stereocenters. The van der Waals surface area contributed by atoms with E-state index in [0.29, 0.717) is 0 Å². The number of carbonyl (C=O) groups is 2. The summed E-state index contributed by atoms with van der Waals surface area (Å²) >= 11 is -2.49. The van der Waals surface area contributed by atoms with Crippen LogP contribution in [0, 0.1) is 0 Å². The van der Waals surface area contributed by atoms with E-state index in [1.165, 1.54) is 0 Å². The van der Waals surface area contributed by atoms with Crippen molar-refractivity contribution in [3.05, 3.63) is 0 Å². The zero-order chi connectivity index (χ0) is 12.3. The van der Waals surface area contributed by atoms with E-state index in [1.807, 2.05) is 0 Å². The van der Waals surface area contributed by atoms with Gasteiger partial charge in [0.05, 0.1) is 0 Å². The number of hydrogen-bond acceptors (Lipinski definition) is 4. The van der Waals surface area contributed by atoms with E-state index in [9.17, 15) is 35.9 Å². The van der Waals surface area contributed by atoms with Crippen LogP contribution in [0.15, 0.2) is 0 Å². The van der Waals surface area contributed by atoms with Gasteiger partial charge in [-0.15, -0.1) is 0 Å². The second-order valence-corrected chi connectivity index (χ2v) is 2.57. The molecule has 0 fully saturated rings. The number of hydrogen-bond donors (Lipinski definition) is 0. The Kier molecular flexibility index (Phi) is 4.42. The molecule has 84 valence electrons. The third kappa shape index (κ3) is 5.48. The Labute approximate surface area is 84.5 Å². The third-order valence-corrected chi connectivity index (χ3v) is 1.39. The second-order valence-electron chi connectivity index (χ2n) is 1.90. The molecule has 0 spiro atoms. The van der Waals surface area contributed by atoms with Crippen LogP contribution in [0.3, 0.4) is 0 Å². The molecule has 0 saturated carbocycles. The summed E-state index contributed by atoms with van der Waals surface area (Å²) in [7, 11) is 0. The van der Waals surface area contributed by atoms with Crippen molar-refractivity contribution in [2.75, 3.05) is 0 Å². The van der Waals surface area contributed by atoms with E-state index in [1.54, 1.807) is 0 Å². The normalized spacial score (nSPS) is 11.6. The second kappa shape index (κ2) is 4.72. The van der Waals surface area contributed by atoms with Crippen molar-refractivity contribution < 1.29 is 43.5 Å². The minimum atomic E-state index is -5.34. The molecule has 0 N–H and O–H groups in total. The van der Waals surface area contributed by atoms with Gasteiger partial charge < -0.3 is 0 Å². The Morgan fingerprint density at radius 3 is 1.27 bits per heavy atom. The van der Waals surface area contributed by atoms with Crippen LogP contribution in [0.4, 0.5) is 26.3 Å². The minimum absolute atomic E-state index is 2.49. The van der Waals surface area contributed by atoms with Gasteiger partial charge in [-0.05, 0) is 0 Å². The SMILES string of the molecule is O=C([O][Al+][O]C(=O)C(F)(F)F)C(F)(F)F. The van der Waals surface area contributed by atoms with Crippen LogP contribution in [-0.4, -0.2) is 40.2 Å². The molecule has 0 aromatic heterocycles. The molecule has 0 aliphatic rings. The van der Waals surface area contributed by atoms with Gasteiger partial charge >= 0.3 is 83.7 Å². The molecule has 0 rings (SSSR count). The van der Waals surface area contributed by atoms with Crippen molar-refractivity contribution in [2.45, 2.75) is 12.4 Å². The Morgan fingerprint density at radius 1 is 0.800 bits per heavy atom. The summed E-state index contributed by atoms with van der Waals surface area (Å²) in [5, 5.41) is 0. The molecular formula is C4AlF6O4+. The molecule has 15 heavy (non-hydrogen) atoms. The zero-order valence-corrected chi connectivity index (χ0v) is 7.63.